The van der Waals surface area contributed by atoms with Crippen molar-refractivity contribution in [2.45, 2.75) is 11.8 Å². The van der Waals surface area contributed by atoms with Crippen molar-refractivity contribution in [3.05, 3.63) is 99.7 Å². The van der Waals surface area contributed by atoms with Crippen LogP contribution in [-0.2, 0) is 10.0 Å². The summed E-state index contributed by atoms with van der Waals surface area (Å²) in [6.45, 7) is 1.45. The van der Waals surface area contributed by atoms with E-state index in [1.807, 2.05) is 0 Å². The lowest BCUT2D eigenvalue weighted by atomic mass is 10.0. The van der Waals surface area contributed by atoms with Gasteiger partial charge in [0, 0.05) is 16.5 Å². The smallest absolute Gasteiger partial charge is 0.276 e. The molecule has 0 spiro atoms. The Morgan fingerprint density at radius 3 is 2.31 bits per heavy atom. The van der Waals surface area contributed by atoms with Crippen LogP contribution in [0.3, 0.4) is 0 Å². The molecule has 32 heavy (non-hydrogen) atoms. The van der Waals surface area contributed by atoms with E-state index in [0.717, 1.165) is 3.97 Å². The van der Waals surface area contributed by atoms with Crippen molar-refractivity contribution in [2.75, 3.05) is 7.11 Å². The average Bonchev–Trinajstić information content (AvgIpc) is 3.19. The molecule has 0 aliphatic carbocycles. The van der Waals surface area contributed by atoms with Gasteiger partial charge < -0.3 is 4.74 Å². The molecule has 3 aromatic carbocycles. The zero-order valence-electron chi connectivity index (χ0n) is 17.2. The van der Waals surface area contributed by atoms with Gasteiger partial charge in [0.05, 0.1) is 28.5 Å². The number of ketones is 1. The Hall–Kier alpha value is -3.98. The Bertz CT molecular complexity index is 1470. The third-order valence-electron chi connectivity index (χ3n) is 5.21. The number of benzene rings is 3. The van der Waals surface area contributed by atoms with Gasteiger partial charge in [-0.15, -0.1) is 0 Å². The molecule has 8 nitrogen and oxygen atoms in total. The van der Waals surface area contributed by atoms with Crippen LogP contribution in [0.4, 0.5) is 5.69 Å². The number of para-hydroxylation sites is 1. The Morgan fingerprint density at radius 2 is 1.66 bits per heavy atom. The fourth-order valence-electron chi connectivity index (χ4n) is 3.60. The fraction of sp³-hybridized carbons (Fsp3) is 0.0870. The zero-order chi connectivity index (χ0) is 23.0. The number of nitrogens with zero attached hydrogens (tertiary/aromatic N) is 2. The Kier molecular flexibility index (Phi) is 5.27. The zero-order valence-corrected chi connectivity index (χ0v) is 18.0. The number of nitro groups is 1. The van der Waals surface area contributed by atoms with Crippen LogP contribution in [-0.4, -0.2) is 30.2 Å². The molecule has 0 N–H and O–H groups in total. The van der Waals surface area contributed by atoms with Crippen molar-refractivity contribution in [1.82, 2.24) is 3.97 Å². The van der Waals surface area contributed by atoms with Crippen LogP contribution in [0.5, 0.6) is 5.75 Å². The van der Waals surface area contributed by atoms with Crippen LogP contribution < -0.4 is 4.74 Å². The summed E-state index contributed by atoms with van der Waals surface area (Å²) < 4.78 is 33.2. The SMILES string of the molecule is COc1cc(C(=O)c2cc3ccccc3n2S(=O)(=O)c2ccccc2)c(C)c([N+](=O)[O-])c1. The highest BCUT2D eigenvalue weighted by Crippen LogP contribution is 2.32. The second kappa shape index (κ2) is 7.93. The van der Waals surface area contributed by atoms with E-state index in [0.29, 0.717) is 10.9 Å². The number of hydrogen-bond acceptors (Lipinski definition) is 6. The molecule has 0 fully saturated rings. The maximum atomic E-state index is 13.6. The van der Waals surface area contributed by atoms with Gasteiger partial charge in [-0.3, -0.25) is 14.9 Å². The number of aromatic nitrogens is 1. The van der Waals surface area contributed by atoms with Crippen molar-refractivity contribution < 1.29 is 22.9 Å². The lowest BCUT2D eigenvalue weighted by molar-refractivity contribution is -0.385. The first-order valence-electron chi connectivity index (χ1n) is 9.54. The summed E-state index contributed by atoms with van der Waals surface area (Å²) in [6, 6.07) is 18.6. The molecule has 162 valence electrons. The van der Waals surface area contributed by atoms with Crippen LogP contribution in [0.25, 0.3) is 10.9 Å². The van der Waals surface area contributed by atoms with E-state index in [1.165, 1.54) is 44.4 Å². The normalized spacial score (nSPS) is 11.4. The number of fused-ring (bicyclic) bond motifs is 1. The quantitative estimate of drug-likeness (QED) is 0.246. The number of methoxy groups -OCH3 is 1. The van der Waals surface area contributed by atoms with Gasteiger partial charge in [-0.05, 0) is 37.3 Å². The molecule has 0 aliphatic rings. The molecule has 0 unspecified atom stereocenters. The van der Waals surface area contributed by atoms with Crippen molar-refractivity contribution in [3.63, 3.8) is 0 Å². The first-order chi connectivity index (χ1) is 15.3. The van der Waals surface area contributed by atoms with Crippen LogP contribution in [0.15, 0.2) is 77.7 Å². The molecular formula is C23H18N2O6S. The van der Waals surface area contributed by atoms with Crippen molar-refractivity contribution in [2.24, 2.45) is 0 Å². The number of carbonyl (C=O) groups excluding carboxylic acids is 1. The van der Waals surface area contributed by atoms with Crippen molar-refractivity contribution in [1.29, 1.82) is 0 Å². The summed E-state index contributed by atoms with van der Waals surface area (Å²) in [6.07, 6.45) is 0. The minimum atomic E-state index is -4.13. The summed E-state index contributed by atoms with van der Waals surface area (Å²) in [5, 5.41) is 12.0. The highest BCUT2D eigenvalue weighted by atomic mass is 32.2. The molecule has 1 aromatic heterocycles. The maximum absolute atomic E-state index is 13.6. The van der Waals surface area contributed by atoms with Crippen molar-refractivity contribution in [3.8, 4) is 5.75 Å². The van der Waals surface area contributed by atoms with Crippen LogP contribution in [0.1, 0.15) is 21.6 Å². The number of ether oxygens (including phenoxy) is 1. The molecule has 0 radical (unpaired) electrons. The summed E-state index contributed by atoms with van der Waals surface area (Å²) >= 11 is 0. The van der Waals surface area contributed by atoms with Gasteiger partial charge in [0.25, 0.3) is 15.7 Å². The summed E-state index contributed by atoms with van der Waals surface area (Å²) in [5.74, 6) is -0.542. The molecule has 4 aromatic rings. The molecule has 1 heterocycles. The van der Waals surface area contributed by atoms with E-state index in [2.05, 4.69) is 0 Å². The standard InChI is InChI=1S/C23H18N2O6S/c1-15-19(13-17(31-2)14-21(15)25(27)28)23(26)22-12-16-8-6-7-11-20(16)24(22)32(29,30)18-9-4-3-5-10-18/h3-14H,1-2H3. The summed E-state index contributed by atoms with van der Waals surface area (Å²) in [4.78, 5) is 24.5. The van der Waals surface area contributed by atoms with Gasteiger partial charge >= 0.3 is 0 Å². The van der Waals surface area contributed by atoms with Crippen molar-refractivity contribution >= 4 is 32.4 Å². The second-order valence-corrected chi connectivity index (χ2v) is 8.86. The van der Waals surface area contributed by atoms with Gasteiger partial charge in [0.1, 0.15) is 11.4 Å². The third-order valence-corrected chi connectivity index (χ3v) is 6.95. The van der Waals surface area contributed by atoms with E-state index in [-0.39, 0.29) is 33.2 Å². The molecule has 0 aliphatic heterocycles. The van der Waals surface area contributed by atoms with Gasteiger partial charge in [-0.2, -0.15) is 0 Å². The molecule has 9 heteroatoms. The predicted molar refractivity (Wildman–Crippen MR) is 119 cm³/mol. The first kappa shape index (κ1) is 21.3. The lowest BCUT2D eigenvalue weighted by Gasteiger charge is -2.13. The largest absolute Gasteiger partial charge is 0.496 e. The molecule has 0 atom stereocenters. The maximum Gasteiger partial charge on any atom is 0.276 e. The Labute approximate surface area is 183 Å². The third kappa shape index (κ3) is 3.42. The van der Waals surface area contributed by atoms with E-state index in [4.69, 9.17) is 4.74 Å². The lowest BCUT2D eigenvalue weighted by Crippen LogP contribution is -2.19. The molecule has 0 amide bonds. The molecule has 0 bridgehead atoms. The summed E-state index contributed by atoms with van der Waals surface area (Å²) in [7, 11) is -2.80. The molecule has 0 saturated heterocycles. The number of hydrogen-bond donors (Lipinski definition) is 0. The number of nitro benzene ring substituents is 1. The van der Waals surface area contributed by atoms with E-state index in [1.54, 1.807) is 42.5 Å². The van der Waals surface area contributed by atoms with Gasteiger partial charge in [-0.1, -0.05) is 36.4 Å². The number of carbonyl (C=O) groups is 1. The Morgan fingerprint density at radius 1 is 1.00 bits per heavy atom. The van der Waals surface area contributed by atoms with Gasteiger partial charge in [0.2, 0.25) is 5.78 Å². The van der Waals surface area contributed by atoms with Gasteiger partial charge in [-0.25, -0.2) is 12.4 Å². The molecule has 0 saturated carbocycles. The summed E-state index contributed by atoms with van der Waals surface area (Å²) in [5.41, 5.74) is 0.0230. The van der Waals surface area contributed by atoms with Crippen LogP contribution in [0, 0.1) is 17.0 Å². The van der Waals surface area contributed by atoms with E-state index < -0.39 is 20.7 Å². The topological polar surface area (TPSA) is 109 Å². The monoisotopic (exact) mass is 450 g/mol. The minimum absolute atomic E-state index is 0.0108. The molecular weight excluding hydrogens is 432 g/mol. The molecule has 4 rings (SSSR count). The highest BCUT2D eigenvalue weighted by molar-refractivity contribution is 7.90. The first-order valence-corrected chi connectivity index (χ1v) is 11.0. The van der Waals surface area contributed by atoms with E-state index >= 15 is 0 Å². The average molecular weight is 450 g/mol. The van der Waals surface area contributed by atoms with Gasteiger partial charge in [0.15, 0.2) is 0 Å². The Balaban J connectivity index is 2.02. The minimum Gasteiger partial charge on any atom is -0.496 e. The van der Waals surface area contributed by atoms with E-state index in [9.17, 15) is 23.3 Å². The number of rotatable bonds is 6. The van der Waals surface area contributed by atoms with Crippen LogP contribution in [0.2, 0.25) is 0 Å². The predicted octanol–water partition coefficient (Wildman–Crippen LogP) is 4.33. The second-order valence-electron chi connectivity index (χ2n) is 7.08. The fourth-order valence-corrected chi connectivity index (χ4v) is 5.13. The van der Waals surface area contributed by atoms with Crippen LogP contribution >= 0.6 is 0 Å². The highest BCUT2D eigenvalue weighted by Gasteiger charge is 2.29.